The number of hydrogen-bond acceptors (Lipinski definition) is 2. The van der Waals surface area contributed by atoms with E-state index in [-0.39, 0.29) is 11.3 Å². The first-order valence-electron chi connectivity index (χ1n) is 8.91. The Morgan fingerprint density at radius 2 is 1.92 bits per heavy atom. The number of likely N-dealkylation sites (tertiary alicyclic amines) is 1. The first-order valence-corrected chi connectivity index (χ1v) is 8.91. The lowest BCUT2D eigenvalue weighted by molar-refractivity contribution is -0.128. The summed E-state index contributed by atoms with van der Waals surface area (Å²) in [5, 5.41) is 5.77. The van der Waals surface area contributed by atoms with E-state index in [1.165, 1.54) is 16.3 Å². The molecule has 0 bridgehead atoms. The molecule has 1 unspecified atom stereocenters. The molecule has 1 saturated heterocycles. The van der Waals surface area contributed by atoms with Crippen molar-refractivity contribution in [3.63, 3.8) is 0 Å². The normalized spacial score (nSPS) is 18.9. The van der Waals surface area contributed by atoms with Crippen molar-refractivity contribution < 1.29 is 4.79 Å². The van der Waals surface area contributed by atoms with Crippen LogP contribution in [0, 0.1) is 11.3 Å². The van der Waals surface area contributed by atoms with E-state index in [0.29, 0.717) is 5.92 Å². The molecule has 24 heavy (non-hydrogen) atoms. The summed E-state index contributed by atoms with van der Waals surface area (Å²) in [7, 11) is 0. The molecule has 2 aromatic rings. The van der Waals surface area contributed by atoms with Crippen LogP contribution in [-0.4, -0.2) is 30.4 Å². The minimum atomic E-state index is -0.304. The summed E-state index contributed by atoms with van der Waals surface area (Å²) in [4.78, 5) is 14.5. The van der Waals surface area contributed by atoms with E-state index < -0.39 is 0 Å². The van der Waals surface area contributed by atoms with Gasteiger partial charge >= 0.3 is 0 Å². The molecule has 1 fully saturated rings. The third-order valence-electron chi connectivity index (χ3n) is 4.88. The molecule has 1 atom stereocenters. The third-order valence-corrected chi connectivity index (χ3v) is 4.88. The fourth-order valence-electron chi connectivity index (χ4n) is 3.40. The number of carbonyl (C=O) groups excluding carboxylic acids is 1. The number of nitrogens with zero attached hydrogens (tertiary/aromatic N) is 1. The molecule has 0 spiro atoms. The Morgan fingerprint density at radius 1 is 1.17 bits per heavy atom. The molecule has 0 saturated carbocycles. The highest BCUT2D eigenvalue weighted by Crippen LogP contribution is 2.23. The minimum absolute atomic E-state index is 0.148. The SMILES string of the molecule is CC(C)(C)C(=O)NCC1CCN(Cc2cccc3ccccc23)C1. The van der Waals surface area contributed by atoms with Crippen LogP contribution in [-0.2, 0) is 11.3 Å². The van der Waals surface area contributed by atoms with Crippen LogP contribution >= 0.6 is 0 Å². The van der Waals surface area contributed by atoms with Crippen LogP contribution in [0.2, 0.25) is 0 Å². The molecule has 3 rings (SSSR count). The zero-order valence-corrected chi connectivity index (χ0v) is 15.0. The van der Waals surface area contributed by atoms with Crippen LogP contribution in [0.5, 0.6) is 0 Å². The maximum atomic E-state index is 12.0. The lowest BCUT2D eigenvalue weighted by Crippen LogP contribution is -2.38. The van der Waals surface area contributed by atoms with E-state index >= 15 is 0 Å². The van der Waals surface area contributed by atoms with Gasteiger partial charge in [-0.1, -0.05) is 63.2 Å². The molecule has 2 aromatic carbocycles. The summed E-state index contributed by atoms with van der Waals surface area (Å²) < 4.78 is 0. The van der Waals surface area contributed by atoms with Crippen LogP contribution in [0.4, 0.5) is 0 Å². The fraction of sp³-hybridized carbons (Fsp3) is 0.476. The molecule has 3 heteroatoms. The highest BCUT2D eigenvalue weighted by atomic mass is 16.2. The summed E-state index contributed by atoms with van der Waals surface area (Å²) in [5.74, 6) is 0.710. The van der Waals surface area contributed by atoms with Crippen molar-refractivity contribution in [1.82, 2.24) is 10.2 Å². The standard InChI is InChI=1S/C21H28N2O/c1-21(2,3)20(24)22-13-16-11-12-23(14-16)15-18-9-6-8-17-7-4-5-10-19(17)18/h4-10,16H,11-15H2,1-3H3,(H,22,24). The fourth-order valence-corrected chi connectivity index (χ4v) is 3.40. The third kappa shape index (κ3) is 3.96. The molecular weight excluding hydrogens is 296 g/mol. The first-order chi connectivity index (χ1) is 11.4. The Bertz CT molecular complexity index is 712. The van der Waals surface area contributed by atoms with Gasteiger partial charge in [0.05, 0.1) is 0 Å². The van der Waals surface area contributed by atoms with Gasteiger partial charge < -0.3 is 5.32 Å². The highest BCUT2D eigenvalue weighted by Gasteiger charge is 2.26. The molecule has 0 aromatic heterocycles. The van der Waals surface area contributed by atoms with Crippen molar-refractivity contribution >= 4 is 16.7 Å². The predicted molar refractivity (Wildman–Crippen MR) is 99.8 cm³/mol. The van der Waals surface area contributed by atoms with Gasteiger partial charge in [0.25, 0.3) is 0 Å². The van der Waals surface area contributed by atoms with Crippen molar-refractivity contribution in [2.75, 3.05) is 19.6 Å². The van der Waals surface area contributed by atoms with Crippen molar-refractivity contribution in [3.05, 3.63) is 48.0 Å². The van der Waals surface area contributed by atoms with Gasteiger partial charge in [-0.05, 0) is 35.2 Å². The molecule has 1 aliphatic rings. The van der Waals surface area contributed by atoms with Gasteiger partial charge in [0.1, 0.15) is 0 Å². The Balaban J connectivity index is 1.57. The summed E-state index contributed by atoms with van der Waals surface area (Å²) in [5.41, 5.74) is 1.09. The van der Waals surface area contributed by atoms with E-state index in [4.69, 9.17) is 0 Å². The van der Waals surface area contributed by atoms with Crippen molar-refractivity contribution in [2.45, 2.75) is 33.7 Å². The molecule has 128 valence electrons. The molecule has 1 aliphatic heterocycles. The van der Waals surface area contributed by atoms with Gasteiger partial charge in [0, 0.05) is 25.0 Å². The number of fused-ring (bicyclic) bond motifs is 1. The molecule has 3 nitrogen and oxygen atoms in total. The lowest BCUT2D eigenvalue weighted by atomic mass is 9.95. The number of benzene rings is 2. The second-order valence-electron chi connectivity index (χ2n) is 7.99. The van der Waals surface area contributed by atoms with Crippen LogP contribution in [0.1, 0.15) is 32.8 Å². The zero-order chi connectivity index (χ0) is 17.2. The quantitative estimate of drug-likeness (QED) is 0.927. The highest BCUT2D eigenvalue weighted by molar-refractivity contribution is 5.85. The van der Waals surface area contributed by atoms with Gasteiger partial charge in [-0.15, -0.1) is 0 Å². The monoisotopic (exact) mass is 324 g/mol. The first kappa shape index (κ1) is 17.0. The Morgan fingerprint density at radius 3 is 2.71 bits per heavy atom. The van der Waals surface area contributed by atoms with E-state index in [0.717, 1.165) is 32.6 Å². The minimum Gasteiger partial charge on any atom is -0.355 e. The number of rotatable bonds is 4. The topological polar surface area (TPSA) is 32.3 Å². The predicted octanol–water partition coefficient (Wildman–Crippen LogP) is 3.82. The summed E-state index contributed by atoms with van der Waals surface area (Å²) in [6.45, 7) is 9.84. The average molecular weight is 324 g/mol. The smallest absolute Gasteiger partial charge is 0.225 e. The molecule has 1 N–H and O–H groups in total. The molecule has 0 aliphatic carbocycles. The Kier molecular flexibility index (Phi) is 4.91. The van der Waals surface area contributed by atoms with Gasteiger partial charge in [-0.2, -0.15) is 0 Å². The van der Waals surface area contributed by atoms with Crippen LogP contribution in [0.25, 0.3) is 10.8 Å². The van der Waals surface area contributed by atoms with Crippen LogP contribution in [0.15, 0.2) is 42.5 Å². The molecule has 0 radical (unpaired) electrons. The average Bonchev–Trinajstić information content (AvgIpc) is 2.99. The van der Waals surface area contributed by atoms with Crippen molar-refractivity contribution in [2.24, 2.45) is 11.3 Å². The summed E-state index contributed by atoms with van der Waals surface area (Å²) in [6, 6.07) is 15.1. The van der Waals surface area contributed by atoms with E-state index in [1.54, 1.807) is 0 Å². The zero-order valence-electron chi connectivity index (χ0n) is 15.0. The van der Waals surface area contributed by atoms with Crippen LogP contribution < -0.4 is 5.32 Å². The number of nitrogens with one attached hydrogen (secondary N) is 1. The van der Waals surface area contributed by atoms with Crippen molar-refractivity contribution in [3.8, 4) is 0 Å². The second-order valence-corrected chi connectivity index (χ2v) is 7.99. The lowest BCUT2D eigenvalue weighted by Gasteiger charge is -2.20. The summed E-state index contributed by atoms with van der Waals surface area (Å²) >= 11 is 0. The van der Waals surface area contributed by atoms with Crippen LogP contribution in [0.3, 0.4) is 0 Å². The summed E-state index contributed by atoms with van der Waals surface area (Å²) in [6.07, 6.45) is 1.16. The van der Waals surface area contributed by atoms with Crippen molar-refractivity contribution in [1.29, 1.82) is 0 Å². The van der Waals surface area contributed by atoms with Gasteiger partial charge in [0.2, 0.25) is 5.91 Å². The van der Waals surface area contributed by atoms with E-state index in [1.807, 2.05) is 20.8 Å². The van der Waals surface area contributed by atoms with E-state index in [2.05, 4.69) is 52.7 Å². The molecule has 1 heterocycles. The number of carbonyl (C=O) groups is 1. The molecule has 1 amide bonds. The maximum Gasteiger partial charge on any atom is 0.225 e. The second kappa shape index (κ2) is 6.94. The van der Waals surface area contributed by atoms with Gasteiger partial charge in [-0.3, -0.25) is 9.69 Å². The Hall–Kier alpha value is -1.87. The van der Waals surface area contributed by atoms with Gasteiger partial charge in [-0.25, -0.2) is 0 Å². The largest absolute Gasteiger partial charge is 0.355 e. The van der Waals surface area contributed by atoms with E-state index in [9.17, 15) is 4.79 Å². The maximum absolute atomic E-state index is 12.0. The Labute approximate surface area is 145 Å². The van der Waals surface area contributed by atoms with Gasteiger partial charge in [0.15, 0.2) is 0 Å². The molecular formula is C21H28N2O. The number of hydrogen-bond donors (Lipinski definition) is 1. The number of amides is 1.